The predicted molar refractivity (Wildman–Crippen MR) is 80.4 cm³/mol. The summed E-state index contributed by atoms with van der Waals surface area (Å²) in [5, 5.41) is 3.22. The van der Waals surface area contributed by atoms with Gasteiger partial charge in [-0.3, -0.25) is 11.3 Å². The van der Waals surface area contributed by atoms with E-state index in [9.17, 15) is 0 Å². The van der Waals surface area contributed by atoms with E-state index in [1.807, 2.05) is 39.0 Å². The van der Waals surface area contributed by atoms with Crippen molar-refractivity contribution in [3.05, 3.63) is 35.9 Å². The quantitative estimate of drug-likeness (QED) is 0.343. The predicted octanol–water partition coefficient (Wildman–Crippen LogP) is -0.383. The molecule has 0 unspecified atom stereocenters. The molecule has 19 heavy (non-hydrogen) atoms. The van der Waals surface area contributed by atoms with E-state index in [0.29, 0.717) is 0 Å². The van der Waals surface area contributed by atoms with Gasteiger partial charge in [-0.2, -0.15) is 0 Å². The van der Waals surface area contributed by atoms with Gasteiger partial charge in [0.2, 0.25) is 0 Å². The van der Waals surface area contributed by atoms with Crippen LogP contribution in [0.15, 0.2) is 30.3 Å². The molecule has 0 amide bonds. The molecular formula is C15H29N3Na+. The number of nitrogens with two attached hydrogens (primary N) is 1. The standard InChI is InChI=1S/C7H8.C4H12N2.C4H9N.Na/c1-7-5-3-2-4-6-7;1-4(2,3)6-5;1-2-4-5-3-1;/h2-6H,1H3;6H,5H2,1-3H3;5H,1-4H2;/q;;;+1. The molecular weight excluding hydrogens is 245 g/mol. The Labute approximate surface area is 141 Å². The summed E-state index contributed by atoms with van der Waals surface area (Å²) in [5.41, 5.74) is 4.00. The summed E-state index contributed by atoms with van der Waals surface area (Å²) in [5.74, 6) is 5.06. The molecule has 0 radical (unpaired) electrons. The zero-order valence-electron chi connectivity index (χ0n) is 13.3. The number of hydrazine groups is 1. The Morgan fingerprint density at radius 1 is 1.05 bits per heavy atom. The fourth-order valence-electron chi connectivity index (χ4n) is 1.16. The van der Waals surface area contributed by atoms with Crippen LogP contribution in [0, 0.1) is 6.92 Å². The molecule has 1 heterocycles. The molecule has 0 saturated carbocycles. The monoisotopic (exact) mass is 274 g/mol. The van der Waals surface area contributed by atoms with Crippen LogP contribution in [0.1, 0.15) is 39.2 Å². The molecule has 1 fully saturated rings. The van der Waals surface area contributed by atoms with Crippen molar-refractivity contribution in [3.63, 3.8) is 0 Å². The van der Waals surface area contributed by atoms with Gasteiger partial charge in [-0.1, -0.05) is 35.9 Å². The fraction of sp³-hybridized carbons (Fsp3) is 0.600. The maximum atomic E-state index is 5.06. The van der Waals surface area contributed by atoms with Gasteiger partial charge in [-0.05, 0) is 53.6 Å². The van der Waals surface area contributed by atoms with Gasteiger partial charge in [-0.15, -0.1) is 0 Å². The van der Waals surface area contributed by atoms with Crippen molar-refractivity contribution in [1.82, 2.24) is 10.7 Å². The Kier molecular flexibility index (Phi) is 14.8. The van der Waals surface area contributed by atoms with Crippen LogP contribution < -0.4 is 46.1 Å². The molecule has 0 spiro atoms. The zero-order valence-corrected chi connectivity index (χ0v) is 15.3. The number of nitrogens with one attached hydrogen (secondary N) is 2. The number of hydrogen-bond acceptors (Lipinski definition) is 3. The summed E-state index contributed by atoms with van der Waals surface area (Å²) in [6, 6.07) is 10.3. The van der Waals surface area contributed by atoms with Crippen LogP contribution in [0.2, 0.25) is 0 Å². The van der Waals surface area contributed by atoms with Crippen molar-refractivity contribution in [2.24, 2.45) is 5.84 Å². The molecule has 4 heteroatoms. The Bertz CT molecular complexity index is 272. The van der Waals surface area contributed by atoms with Crippen LogP contribution in [-0.4, -0.2) is 18.6 Å². The fourth-order valence-corrected chi connectivity index (χ4v) is 1.16. The van der Waals surface area contributed by atoms with Crippen LogP contribution in [-0.2, 0) is 0 Å². The second-order valence-electron chi connectivity index (χ2n) is 5.51. The molecule has 104 valence electrons. The van der Waals surface area contributed by atoms with Crippen molar-refractivity contribution in [1.29, 1.82) is 0 Å². The van der Waals surface area contributed by atoms with Gasteiger partial charge in [0.15, 0.2) is 0 Å². The van der Waals surface area contributed by atoms with Crippen molar-refractivity contribution in [3.8, 4) is 0 Å². The summed E-state index contributed by atoms with van der Waals surface area (Å²) >= 11 is 0. The van der Waals surface area contributed by atoms with Crippen molar-refractivity contribution >= 4 is 0 Å². The van der Waals surface area contributed by atoms with Crippen LogP contribution in [0.25, 0.3) is 0 Å². The maximum Gasteiger partial charge on any atom is 1.00 e. The van der Waals surface area contributed by atoms with Gasteiger partial charge in [0.1, 0.15) is 0 Å². The van der Waals surface area contributed by atoms with E-state index in [1.165, 1.54) is 31.5 Å². The molecule has 1 aliphatic heterocycles. The largest absolute Gasteiger partial charge is 1.00 e. The molecule has 0 bridgehead atoms. The molecule has 1 aliphatic rings. The van der Waals surface area contributed by atoms with Crippen molar-refractivity contribution in [2.75, 3.05) is 13.1 Å². The van der Waals surface area contributed by atoms with Gasteiger partial charge < -0.3 is 5.32 Å². The second-order valence-corrected chi connectivity index (χ2v) is 5.51. The average molecular weight is 274 g/mol. The van der Waals surface area contributed by atoms with Crippen molar-refractivity contribution < 1.29 is 29.6 Å². The van der Waals surface area contributed by atoms with E-state index in [4.69, 9.17) is 5.84 Å². The number of benzene rings is 1. The first-order valence-electron chi connectivity index (χ1n) is 6.66. The Morgan fingerprint density at radius 2 is 1.47 bits per heavy atom. The molecule has 1 saturated heterocycles. The number of hydrogen-bond donors (Lipinski definition) is 3. The first kappa shape index (κ1) is 21.4. The summed E-state index contributed by atoms with van der Waals surface area (Å²) in [6.45, 7) is 10.6. The second kappa shape index (κ2) is 13.1. The van der Waals surface area contributed by atoms with Gasteiger partial charge in [-0.25, -0.2) is 0 Å². The van der Waals surface area contributed by atoms with E-state index in [0.717, 1.165) is 0 Å². The van der Waals surface area contributed by atoms with Crippen molar-refractivity contribution in [2.45, 2.75) is 46.1 Å². The van der Waals surface area contributed by atoms with Gasteiger partial charge in [0.05, 0.1) is 0 Å². The Balaban J connectivity index is 0. The van der Waals surface area contributed by atoms with E-state index in [-0.39, 0.29) is 35.1 Å². The number of aryl methyl sites for hydroxylation is 1. The first-order chi connectivity index (χ1) is 8.45. The molecule has 3 nitrogen and oxygen atoms in total. The third kappa shape index (κ3) is 18.1. The summed E-state index contributed by atoms with van der Waals surface area (Å²) < 4.78 is 0. The summed E-state index contributed by atoms with van der Waals surface area (Å²) in [4.78, 5) is 0. The van der Waals surface area contributed by atoms with Crippen LogP contribution in [0.3, 0.4) is 0 Å². The van der Waals surface area contributed by atoms with E-state index in [2.05, 4.69) is 29.8 Å². The van der Waals surface area contributed by atoms with Gasteiger partial charge in [0.25, 0.3) is 0 Å². The molecule has 0 aromatic heterocycles. The molecule has 0 aliphatic carbocycles. The first-order valence-corrected chi connectivity index (χ1v) is 6.66. The van der Waals surface area contributed by atoms with E-state index < -0.39 is 0 Å². The minimum atomic E-state index is 0. The average Bonchev–Trinajstić information content (AvgIpc) is 2.88. The minimum Gasteiger partial charge on any atom is -0.317 e. The third-order valence-corrected chi connectivity index (χ3v) is 2.33. The smallest absolute Gasteiger partial charge is 0.317 e. The molecule has 0 atom stereocenters. The Morgan fingerprint density at radius 3 is 1.63 bits per heavy atom. The van der Waals surface area contributed by atoms with Crippen LogP contribution in [0.5, 0.6) is 0 Å². The maximum absolute atomic E-state index is 5.06. The molecule has 2 rings (SSSR count). The SMILES string of the molecule is C1CCNC1.CC(C)(C)NN.Cc1ccccc1.[Na+]. The van der Waals surface area contributed by atoms with Crippen LogP contribution in [0.4, 0.5) is 0 Å². The zero-order chi connectivity index (χ0) is 13.9. The third-order valence-electron chi connectivity index (χ3n) is 2.33. The normalized spacial score (nSPS) is 13.3. The van der Waals surface area contributed by atoms with Crippen LogP contribution >= 0.6 is 0 Å². The molecule has 1 aromatic carbocycles. The topological polar surface area (TPSA) is 50.1 Å². The van der Waals surface area contributed by atoms with Gasteiger partial charge >= 0.3 is 29.6 Å². The summed E-state index contributed by atoms with van der Waals surface area (Å²) in [7, 11) is 0. The summed E-state index contributed by atoms with van der Waals surface area (Å²) in [6.07, 6.45) is 2.78. The molecule has 1 aromatic rings. The van der Waals surface area contributed by atoms with Gasteiger partial charge in [0, 0.05) is 5.54 Å². The Hall–Kier alpha value is 0.100. The van der Waals surface area contributed by atoms with E-state index >= 15 is 0 Å². The number of rotatable bonds is 0. The molecule has 4 N–H and O–H groups in total. The van der Waals surface area contributed by atoms with E-state index in [1.54, 1.807) is 0 Å². The minimum absolute atomic E-state index is 0.